The highest BCUT2D eigenvalue weighted by atomic mass is 16.5. The maximum atomic E-state index is 12.5. The van der Waals surface area contributed by atoms with Gasteiger partial charge in [-0.25, -0.2) is 0 Å². The van der Waals surface area contributed by atoms with E-state index in [1.165, 1.54) is 19.4 Å². The van der Waals surface area contributed by atoms with Crippen molar-refractivity contribution in [3.8, 4) is 5.75 Å². The molecule has 1 saturated heterocycles. The predicted molar refractivity (Wildman–Crippen MR) is 91.6 cm³/mol. The molecule has 1 aliphatic heterocycles. The summed E-state index contributed by atoms with van der Waals surface area (Å²) in [6, 6.07) is 5.02. The van der Waals surface area contributed by atoms with E-state index in [1.807, 2.05) is 12.1 Å². The fourth-order valence-electron chi connectivity index (χ4n) is 3.10. The summed E-state index contributed by atoms with van der Waals surface area (Å²) in [5.41, 5.74) is 0.0868. The number of nitrogens with zero attached hydrogens (tertiary/aromatic N) is 2. The van der Waals surface area contributed by atoms with Gasteiger partial charge in [0.1, 0.15) is 5.69 Å². The third-order valence-corrected chi connectivity index (χ3v) is 4.59. The molecule has 0 aromatic carbocycles. The van der Waals surface area contributed by atoms with Crippen molar-refractivity contribution in [3.05, 3.63) is 58.3 Å². The molecule has 132 valence electrons. The summed E-state index contributed by atoms with van der Waals surface area (Å²) in [6.07, 6.45) is 6.31. The Morgan fingerprint density at radius 3 is 2.64 bits per heavy atom. The Hall–Kier alpha value is -2.67. The van der Waals surface area contributed by atoms with Gasteiger partial charge in [0.2, 0.25) is 5.43 Å². The lowest BCUT2D eigenvalue weighted by Crippen LogP contribution is -2.48. The van der Waals surface area contributed by atoms with E-state index in [1.54, 1.807) is 17.3 Å². The van der Waals surface area contributed by atoms with Gasteiger partial charge in [-0.05, 0) is 30.5 Å². The van der Waals surface area contributed by atoms with Crippen molar-refractivity contribution >= 4 is 5.91 Å². The number of piperidine rings is 1. The Balaban J connectivity index is 1.64. The normalized spacial score (nSPS) is 16.5. The van der Waals surface area contributed by atoms with E-state index < -0.39 is 5.60 Å². The fourth-order valence-corrected chi connectivity index (χ4v) is 3.10. The van der Waals surface area contributed by atoms with Gasteiger partial charge < -0.3 is 19.7 Å². The molecule has 1 fully saturated rings. The van der Waals surface area contributed by atoms with Crippen LogP contribution < -0.4 is 10.2 Å². The van der Waals surface area contributed by atoms with Crippen LogP contribution in [0.3, 0.4) is 0 Å². The summed E-state index contributed by atoms with van der Waals surface area (Å²) in [6.45, 7) is 0.878. The van der Waals surface area contributed by atoms with Crippen LogP contribution >= 0.6 is 0 Å². The van der Waals surface area contributed by atoms with E-state index in [4.69, 9.17) is 4.74 Å². The smallest absolute Gasteiger partial charge is 0.270 e. The number of H-pyrrole nitrogens is 1. The van der Waals surface area contributed by atoms with Gasteiger partial charge in [-0.1, -0.05) is 0 Å². The molecule has 0 spiro atoms. The number of nitrogens with one attached hydrogen (secondary N) is 1. The SMILES string of the molecule is COc1c[nH]c(C(=O)N2CCC(O)(Cc3ccncc3)CC2)cc1=O. The van der Waals surface area contributed by atoms with Crippen LogP contribution in [-0.4, -0.2) is 51.7 Å². The minimum Gasteiger partial charge on any atom is -0.491 e. The lowest BCUT2D eigenvalue weighted by molar-refractivity contribution is -0.0163. The van der Waals surface area contributed by atoms with E-state index in [-0.39, 0.29) is 22.8 Å². The Labute approximate surface area is 145 Å². The number of aromatic amines is 1. The third-order valence-electron chi connectivity index (χ3n) is 4.59. The van der Waals surface area contributed by atoms with E-state index in [9.17, 15) is 14.7 Å². The highest BCUT2D eigenvalue weighted by Gasteiger charge is 2.34. The van der Waals surface area contributed by atoms with E-state index in [0.717, 1.165) is 5.56 Å². The molecule has 0 radical (unpaired) electrons. The third kappa shape index (κ3) is 3.88. The largest absolute Gasteiger partial charge is 0.491 e. The first-order chi connectivity index (χ1) is 12.0. The van der Waals surface area contributed by atoms with Crippen LogP contribution in [0.4, 0.5) is 0 Å². The van der Waals surface area contributed by atoms with Crippen molar-refractivity contribution in [1.82, 2.24) is 14.9 Å². The number of carbonyl (C=O) groups excluding carboxylic acids is 1. The average Bonchev–Trinajstić information content (AvgIpc) is 2.62. The molecule has 3 rings (SSSR count). The number of amides is 1. The van der Waals surface area contributed by atoms with Crippen molar-refractivity contribution in [2.45, 2.75) is 24.9 Å². The van der Waals surface area contributed by atoms with Gasteiger partial charge in [0.05, 0.1) is 12.7 Å². The average molecular weight is 343 g/mol. The number of likely N-dealkylation sites (tertiary alicyclic amines) is 1. The number of aliphatic hydroxyl groups is 1. The second-order valence-electron chi connectivity index (χ2n) is 6.33. The maximum absolute atomic E-state index is 12.5. The molecule has 0 saturated carbocycles. The van der Waals surface area contributed by atoms with Crippen molar-refractivity contribution in [3.63, 3.8) is 0 Å². The molecular formula is C18H21N3O4. The number of carbonyl (C=O) groups is 1. The quantitative estimate of drug-likeness (QED) is 0.863. The van der Waals surface area contributed by atoms with Crippen molar-refractivity contribution in [2.75, 3.05) is 20.2 Å². The number of pyridine rings is 2. The fraction of sp³-hybridized carbons (Fsp3) is 0.389. The topological polar surface area (TPSA) is 95.5 Å². The second-order valence-corrected chi connectivity index (χ2v) is 6.33. The van der Waals surface area contributed by atoms with E-state index in [0.29, 0.717) is 32.4 Å². The number of aromatic nitrogens is 2. The number of methoxy groups -OCH3 is 1. The van der Waals surface area contributed by atoms with Crippen LogP contribution in [0.25, 0.3) is 0 Å². The molecule has 0 atom stereocenters. The summed E-state index contributed by atoms with van der Waals surface area (Å²) < 4.78 is 4.90. The molecule has 3 heterocycles. The lowest BCUT2D eigenvalue weighted by atomic mass is 9.85. The molecule has 2 aromatic heterocycles. The van der Waals surface area contributed by atoms with Crippen molar-refractivity contribution in [2.24, 2.45) is 0 Å². The Morgan fingerprint density at radius 1 is 1.36 bits per heavy atom. The standard InChI is InChI=1S/C18H21N3O4/c1-25-16-12-20-14(10-15(16)22)17(23)21-8-4-18(24,5-9-21)11-13-2-6-19-7-3-13/h2-3,6-7,10,12,24H,4-5,8-9,11H2,1H3,(H,20,22). The highest BCUT2D eigenvalue weighted by molar-refractivity contribution is 5.92. The van der Waals surface area contributed by atoms with Gasteiger partial charge in [0.25, 0.3) is 5.91 Å². The number of hydrogen-bond acceptors (Lipinski definition) is 5. The minimum atomic E-state index is -0.828. The zero-order valence-electron chi connectivity index (χ0n) is 14.1. The summed E-state index contributed by atoms with van der Waals surface area (Å²) in [7, 11) is 1.40. The summed E-state index contributed by atoms with van der Waals surface area (Å²) >= 11 is 0. The predicted octanol–water partition coefficient (Wildman–Crippen LogP) is 0.988. The first kappa shape index (κ1) is 17.2. The molecule has 25 heavy (non-hydrogen) atoms. The molecule has 1 aliphatic rings. The number of ether oxygens (including phenoxy) is 1. The number of hydrogen-bond donors (Lipinski definition) is 2. The summed E-state index contributed by atoms with van der Waals surface area (Å²) in [5.74, 6) is -0.0763. The zero-order chi connectivity index (χ0) is 17.9. The first-order valence-corrected chi connectivity index (χ1v) is 8.18. The molecule has 1 amide bonds. The second kappa shape index (κ2) is 7.06. The van der Waals surface area contributed by atoms with Crippen LogP contribution in [0.1, 0.15) is 28.9 Å². The molecule has 0 unspecified atom stereocenters. The van der Waals surface area contributed by atoms with Crippen molar-refractivity contribution in [1.29, 1.82) is 0 Å². The van der Waals surface area contributed by atoms with Crippen LogP contribution in [0, 0.1) is 0 Å². The van der Waals surface area contributed by atoms with Gasteiger partial charge in [-0.2, -0.15) is 0 Å². The molecule has 7 nitrogen and oxygen atoms in total. The van der Waals surface area contributed by atoms with Crippen LogP contribution in [-0.2, 0) is 6.42 Å². The van der Waals surface area contributed by atoms with Crippen LogP contribution in [0.2, 0.25) is 0 Å². The zero-order valence-corrected chi connectivity index (χ0v) is 14.1. The Morgan fingerprint density at radius 2 is 2.04 bits per heavy atom. The Kier molecular flexibility index (Phi) is 4.85. The van der Waals surface area contributed by atoms with Crippen molar-refractivity contribution < 1.29 is 14.6 Å². The molecule has 2 N–H and O–H groups in total. The highest BCUT2D eigenvalue weighted by Crippen LogP contribution is 2.26. The molecule has 2 aromatic rings. The van der Waals surface area contributed by atoms with Gasteiger partial charge >= 0.3 is 0 Å². The van der Waals surface area contributed by atoms with Crippen LogP contribution in [0.5, 0.6) is 5.75 Å². The molecule has 0 bridgehead atoms. The number of rotatable bonds is 4. The monoisotopic (exact) mass is 343 g/mol. The maximum Gasteiger partial charge on any atom is 0.270 e. The van der Waals surface area contributed by atoms with Gasteiger partial charge in [0.15, 0.2) is 5.75 Å². The summed E-state index contributed by atoms with van der Waals surface area (Å²) in [5, 5.41) is 10.8. The van der Waals surface area contributed by atoms with E-state index in [2.05, 4.69) is 9.97 Å². The van der Waals surface area contributed by atoms with Gasteiger partial charge in [-0.3, -0.25) is 14.6 Å². The molecule has 0 aliphatic carbocycles. The Bertz CT molecular complexity index is 795. The lowest BCUT2D eigenvalue weighted by Gasteiger charge is -2.38. The minimum absolute atomic E-state index is 0.168. The molecular weight excluding hydrogens is 322 g/mol. The summed E-state index contributed by atoms with van der Waals surface area (Å²) in [4.78, 5) is 32.8. The first-order valence-electron chi connectivity index (χ1n) is 8.18. The van der Waals surface area contributed by atoms with Crippen LogP contribution in [0.15, 0.2) is 41.6 Å². The van der Waals surface area contributed by atoms with Gasteiger partial charge in [0, 0.05) is 44.2 Å². The molecule has 7 heteroatoms. The van der Waals surface area contributed by atoms with Gasteiger partial charge in [-0.15, -0.1) is 0 Å². The van der Waals surface area contributed by atoms with E-state index >= 15 is 0 Å².